The lowest BCUT2D eigenvalue weighted by Gasteiger charge is -2.46. The molecule has 8 heteroatoms. The SMILES string of the molecule is COc1ccc2c(c1)C(C(=O)CCCCSc1cccc(F)c1)(N1CCCC(C(=O)O)C1)C=CN2. The molecule has 0 amide bonds. The second-order valence-electron chi connectivity index (χ2n) is 8.97. The van der Waals surface area contributed by atoms with Crippen molar-refractivity contribution >= 4 is 29.2 Å². The summed E-state index contributed by atoms with van der Waals surface area (Å²) in [6.45, 7) is 0.962. The fraction of sp³-hybridized carbons (Fsp3) is 0.407. The molecule has 6 nitrogen and oxygen atoms in total. The van der Waals surface area contributed by atoms with E-state index in [1.54, 1.807) is 31.1 Å². The number of anilines is 1. The van der Waals surface area contributed by atoms with E-state index in [2.05, 4.69) is 5.32 Å². The van der Waals surface area contributed by atoms with E-state index >= 15 is 0 Å². The van der Waals surface area contributed by atoms with Crippen LogP contribution in [0.3, 0.4) is 0 Å². The summed E-state index contributed by atoms with van der Waals surface area (Å²) in [4.78, 5) is 28.7. The average molecular weight is 499 g/mol. The maximum absolute atomic E-state index is 14.0. The number of nitrogens with one attached hydrogen (secondary N) is 1. The first-order chi connectivity index (χ1) is 16.9. The van der Waals surface area contributed by atoms with Crippen LogP contribution < -0.4 is 10.1 Å². The monoisotopic (exact) mass is 498 g/mol. The number of carboxylic acid groups (broad SMARTS) is 1. The number of aliphatic carboxylic acids is 1. The summed E-state index contributed by atoms with van der Waals surface area (Å²) in [5.74, 6) is -0.0945. The van der Waals surface area contributed by atoms with Crippen molar-refractivity contribution < 1.29 is 23.8 Å². The van der Waals surface area contributed by atoms with Crippen molar-refractivity contribution in [2.75, 3.05) is 31.3 Å². The maximum atomic E-state index is 14.0. The number of hydrogen-bond donors (Lipinski definition) is 2. The lowest BCUT2D eigenvalue weighted by Crippen LogP contribution is -2.56. The minimum absolute atomic E-state index is 0.0477. The van der Waals surface area contributed by atoms with E-state index in [4.69, 9.17) is 4.74 Å². The highest BCUT2D eigenvalue weighted by molar-refractivity contribution is 7.99. The van der Waals surface area contributed by atoms with Gasteiger partial charge in [0.1, 0.15) is 17.1 Å². The zero-order chi connectivity index (χ0) is 24.8. The molecule has 2 N–H and O–H groups in total. The van der Waals surface area contributed by atoms with Gasteiger partial charge in [0.05, 0.1) is 13.0 Å². The quantitative estimate of drug-likeness (QED) is 0.340. The van der Waals surface area contributed by atoms with Gasteiger partial charge in [-0.25, -0.2) is 4.39 Å². The van der Waals surface area contributed by atoms with Crippen molar-refractivity contribution in [1.82, 2.24) is 4.90 Å². The highest BCUT2D eigenvalue weighted by atomic mass is 32.2. The number of methoxy groups -OCH3 is 1. The van der Waals surface area contributed by atoms with Gasteiger partial charge >= 0.3 is 5.97 Å². The van der Waals surface area contributed by atoms with Gasteiger partial charge in [-0.15, -0.1) is 11.8 Å². The van der Waals surface area contributed by atoms with Crippen molar-refractivity contribution in [3.63, 3.8) is 0 Å². The number of nitrogens with zero attached hydrogens (tertiary/aromatic N) is 1. The van der Waals surface area contributed by atoms with E-state index < -0.39 is 17.4 Å². The van der Waals surface area contributed by atoms with Crippen LogP contribution in [0, 0.1) is 11.7 Å². The molecule has 35 heavy (non-hydrogen) atoms. The first-order valence-corrected chi connectivity index (χ1v) is 12.9. The zero-order valence-corrected chi connectivity index (χ0v) is 20.7. The van der Waals surface area contributed by atoms with Crippen LogP contribution >= 0.6 is 11.8 Å². The van der Waals surface area contributed by atoms with Crippen LogP contribution in [0.25, 0.3) is 0 Å². The van der Waals surface area contributed by atoms with Gasteiger partial charge in [0.25, 0.3) is 0 Å². The molecule has 0 spiro atoms. The standard InChI is InChI=1S/C27H31FN2O4S/c1-34-21-10-11-24-23(17-21)27(12-13-29-24,30-14-5-6-19(18-30)26(32)33)25(31)9-2-3-15-35-22-8-4-7-20(28)16-22/h4,7-8,10-13,16-17,19,29H,2-3,5-6,9,14-15,18H2,1H3,(H,32,33). The molecule has 0 radical (unpaired) electrons. The average Bonchev–Trinajstić information content (AvgIpc) is 2.87. The number of thioether (sulfide) groups is 1. The summed E-state index contributed by atoms with van der Waals surface area (Å²) in [5, 5.41) is 12.9. The highest BCUT2D eigenvalue weighted by Gasteiger charge is 2.47. The van der Waals surface area contributed by atoms with Crippen LogP contribution in [-0.2, 0) is 15.1 Å². The molecule has 0 aliphatic carbocycles. The lowest BCUT2D eigenvalue weighted by molar-refractivity contribution is -0.146. The summed E-state index contributed by atoms with van der Waals surface area (Å²) in [7, 11) is 1.59. The molecule has 0 saturated carbocycles. The summed E-state index contributed by atoms with van der Waals surface area (Å²) < 4.78 is 18.9. The Hall–Kier alpha value is -2.84. The van der Waals surface area contributed by atoms with E-state index in [9.17, 15) is 19.1 Å². The molecule has 2 aliphatic heterocycles. The van der Waals surface area contributed by atoms with Gasteiger partial charge in [-0.2, -0.15) is 0 Å². The third-order valence-corrected chi connectivity index (χ3v) is 7.84. The molecule has 4 rings (SSSR count). The number of likely N-dealkylation sites (tertiary alicyclic amines) is 1. The molecule has 2 aromatic carbocycles. The van der Waals surface area contributed by atoms with Gasteiger partial charge in [-0.1, -0.05) is 6.07 Å². The van der Waals surface area contributed by atoms with E-state index in [0.29, 0.717) is 38.1 Å². The largest absolute Gasteiger partial charge is 0.497 e. The second kappa shape index (κ2) is 11.3. The number of halogens is 1. The van der Waals surface area contributed by atoms with E-state index in [0.717, 1.165) is 34.7 Å². The van der Waals surface area contributed by atoms with Crippen molar-refractivity contribution in [3.8, 4) is 5.75 Å². The highest BCUT2D eigenvalue weighted by Crippen LogP contribution is 2.43. The first-order valence-electron chi connectivity index (χ1n) is 12.0. The Bertz CT molecular complexity index is 1110. The van der Waals surface area contributed by atoms with Gasteiger partial charge in [0, 0.05) is 29.1 Å². The number of piperidine rings is 1. The Labute approximate surface area is 209 Å². The number of benzene rings is 2. The summed E-state index contributed by atoms with van der Waals surface area (Å²) >= 11 is 1.58. The Morgan fingerprint density at radius 2 is 2.11 bits per heavy atom. The maximum Gasteiger partial charge on any atom is 0.307 e. The number of unbranched alkanes of at least 4 members (excludes halogenated alkanes) is 1. The van der Waals surface area contributed by atoms with Crippen LogP contribution in [0.1, 0.15) is 37.7 Å². The smallest absolute Gasteiger partial charge is 0.307 e. The summed E-state index contributed by atoms with van der Waals surface area (Å²) in [6.07, 6.45) is 6.86. The zero-order valence-electron chi connectivity index (χ0n) is 19.8. The number of rotatable bonds is 10. The molecule has 1 fully saturated rings. The fourth-order valence-electron chi connectivity index (χ4n) is 4.95. The normalized spacial score (nSPS) is 21.7. The van der Waals surface area contributed by atoms with E-state index in [-0.39, 0.29) is 11.6 Å². The molecule has 2 heterocycles. The van der Waals surface area contributed by atoms with Gasteiger partial charge < -0.3 is 15.2 Å². The van der Waals surface area contributed by atoms with Crippen molar-refractivity contribution in [2.45, 2.75) is 42.5 Å². The number of carboxylic acids is 1. The molecule has 2 aromatic rings. The molecule has 2 unspecified atom stereocenters. The topological polar surface area (TPSA) is 78.9 Å². The Morgan fingerprint density at radius 3 is 2.89 bits per heavy atom. The molecule has 2 atom stereocenters. The molecular weight excluding hydrogens is 467 g/mol. The van der Waals surface area contributed by atoms with E-state index in [1.807, 2.05) is 35.2 Å². The minimum Gasteiger partial charge on any atom is -0.497 e. The molecule has 1 saturated heterocycles. The number of carbonyl (C=O) groups excluding carboxylic acids is 1. The Morgan fingerprint density at radius 1 is 1.26 bits per heavy atom. The van der Waals surface area contributed by atoms with Crippen LogP contribution in [-0.4, -0.2) is 47.7 Å². The first kappa shape index (κ1) is 25.3. The number of ether oxygens (including phenoxy) is 1. The third-order valence-electron chi connectivity index (χ3n) is 6.76. The number of hydrogen-bond acceptors (Lipinski definition) is 6. The Balaban J connectivity index is 1.53. The van der Waals surface area contributed by atoms with Crippen LogP contribution in [0.2, 0.25) is 0 Å². The number of fused-ring (bicyclic) bond motifs is 1. The third kappa shape index (κ3) is 5.54. The van der Waals surface area contributed by atoms with Crippen LogP contribution in [0.15, 0.2) is 59.6 Å². The summed E-state index contributed by atoms with van der Waals surface area (Å²) in [5.41, 5.74) is 0.573. The summed E-state index contributed by atoms with van der Waals surface area (Å²) in [6, 6.07) is 12.2. The van der Waals surface area contributed by atoms with Gasteiger partial charge in [0.2, 0.25) is 0 Å². The minimum atomic E-state index is -1.04. The predicted molar refractivity (Wildman–Crippen MR) is 135 cm³/mol. The predicted octanol–water partition coefficient (Wildman–Crippen LogP) is 5.30. The van der Waals surface area contributed by atoms with Gasteiger partial charge in [0.15, 0.2) is 5.78 Å². The molecule has 0 aromatic heterocycles. The van der Waals surface area contributed by atoms with Gasteiger partial charge in [-0.05, 0) is 86.7 Å². The Kier molecular flexibility index (Phi) is 8.13. The van der Waals surface area contributed by atoms with Gasteiger partial charge in [-0.3, -0.25) is 14.5 Å². The fourth-order valence-corrected chi connectivity index (χ4v) is 5.91. The molecular formula is C27H31FN2O4S. The molecule has 186 valence electrons. The second-order valence-corrected chi connectivity index (χ2v) is 10.1. The van der Waals surface area contributed by atoms with E-state index in [1.165, 1.54) is 12.1 Å². The lowest BCUT2D eigenvalue weighted by atomic mass is 9.77. The number of ketones is 1. The van der Waals surface area contributed by atoms with Crippen molar-refractivity contribution in [3.05, 3.63) is 66.1 Å². The molecule has 0 bridgehead atoms. The van der Waals surface area contributed by atoms with Crippen LogP contribution in [0.4, 0.5) is 10.1 Å². The number of carbonyl (C=O) groups is 2. The molecule has 2 aliphatic rings. The van der Waals surface area contributed by atoms with Crippen molar-refractivity contribution in [2.24, 2.45) is 5.92 Å². The van der Waals surface area contributed by atoms with Crippen LogP contribution in [0.5, 0.6) is 5.75 Å². The van der Waals surface area contributed by atoms with Crippen molar-refractivity contribution in [1.29, 1.82) is 0 Å². The number of Topliss-reactive ketones (excluding diaryl/α,β-unsaturated/α-hetero) is 1.